The summed E-state index contributed by atoms with van der Waals surface area (Å²) in [6.07, 6.45) is 0.931. The number of nitrogens with one attached hydrogen (secondary N) is 1. The van der Waals surface area contributed by atoms with Gasteiger partial charge in [-0.1, -0.05) is 13.8 Å². The maximum atomic E-state index is 12.2. The van der Waals surface area contributed by atoms with Crippen molar-refractivity contribution in [1.29, 1.82) is 0 Å². The second kappa shape index (κ2) is 5.36. The van der Waals surface area contributed by atoms with Gasteiger partial charge in [-0.2, -0.15) is 0 Å². The first-order chi connectivity index (χ1) is 7.74. The summed E-state index contributed by atoms with van der Waals surface area (Å²) in [7, 11) is 4.12. The highest BCUT2D eigenvalue weighted by molar-refractivity contribution is 5.84. The number of nitrogens with zero attached hydrogens (tertiary/aromatic N) is 2. The Bertz CT molecular complexity index is 274. The Labute approximate surface area is 105 Å². The summed E-state index contributed by atoms with van der Waals surface area (Å²) in [6, 6.07) is 0.388. The molecule has 0 saturated carbocycles. The number of likely N-dealkylation sites (tertiary alicyclic amines) is 1. The number of amides is 1. The molecule has 1 saturated heterocycles. The zero-order valence-electron chi connectivity index (χ0n) is 12.1. The minimum absolute atomic E-state index is 0.0213. The Balaban J connectivity index is 2.56. The van der Waals surface area contributed by atoms with E-state index in [1.54, 1.807) is 0 Å². The molecule has 1 aliphatic rings. The molecule has 4 nitrogen and oxygen atoms in total. The molecular formula is C13H27N3O. The van der Waals surface area contributed by atoms with Crippen molar-refractivity contribution in [2.45, 2.75) is 51.7 Å². The van der Waals surface area contributed by atoms with E-state index in [2.05, 4.69) is 52.0 Å². The van der Waals surface area contributed by atoms with E-state index in [4.69, 9.17) is 0 Å². The van der Waals surface area contributed by atoms with Crippen molar-refractivity contribution < 1.29 is 4.79 Å². The number of rotatable bonds is 5. The van der Waals surface area contributed by atoms with E-state index < -0.39 is 0 Å². The second-order valence-corrected chi connectivity index (χ2v) is 6.13. The standard InChI is InChI=1S/C13H27N3O/c1-10(2)14-11-7-8-16(12(11)17)9-13(3,4)15(5)6/h10-11,14H,7-9H2,1-6H3. The first-order valence-corrected chi connectivity index (χ1v) is 6.46. The van der Waals surface area contributed by atoms with Gasteiger partial charge in [-0.05, 0) is 34.4 Å². The van der Waals surface area contributed by atoms with Crippen molar-refractivity contribution in [2.24, 2.45) is 0 Å². The fraction of sp³-hybridized carbons (Fsp3) is 0.923. The van der Waals surface area contributed by atoms with Crippen molar-refractivity contribution in [1.82, 2.24) is 15.1 Å². The van der Waals surface area contributed by atoms with E-state index in [1.807, 2.05) is 4.90 Å². The van der Waals surface area contributed by atoms with Crippen LogP contribution in [0.1, 0.15) is 34.1 Å². The molecule has 0 aromatic carbocycles. The van der Waals surface area contributed by atoms with Crippen molar-refractivity contribution in [3.63, 3.8) is 0 Å². The largest absolute Gasteiger partial charge is 0.339 e. The SMILES string of the molecule is CC(C)NC1CCN(CC(C)(C)N(C)C)C1=O. The molecule has 0 aromatic rings. The number of hydrogen-bond donors (Lipinski definition) is 1. The van der Waals surface area contributed by atoms with Crippen molar-refractivity contribution in [3.05, 3.63) is 0 Å². The average molecular weight is 241 g/mol. The maximum Gasteiger partial charge on any atom is 0.239 e. The van der Waals surface area contributed by atoms with Crippen LogP contribution in [0.3, 0.4) is 0 Å². The summed E-state index contributed by atoms with van der Waals surface area (Å²) in [4.78, 5) is 16.3. The van der Waals surface area contributed by atoms with Crippen LogP contribution in [0.25, 0.3) is 0 Å². The van der Waals surface area contributed by atoms with E-state index in [1.165, 1.54) is 0 Å². The third kappa shape index (κ3) is 3.68. The fourth-order valence-electron chi connectivity index (χ4n) is 2.06. The minimum atomic E-state index is 0.0213. The summed E-state index contributed by atoms with van der Waals surface area (Å²) < 4.78 is 0. The molecule has 1 aliphatic heterocycles. The highest BCUT2D eigenvalue weighted by Crippen LogP contribution is 2.18. The minimum Gasteiger partial charge on any atom is -0.339 e. The molecule has 1 atom stereocenters. The van der Waals surface area contributed by atoms with Crippen LogP contribution in [0.2, 0.25) is 0 Å². The van der Waals surface area contributed by atoms with Crippen LogP contribution in [-0.2, 0) is 4.79 Å². The predicted molar refractivity (Wildman–Crippen MR) is 71.0 cm³/mol. The van der Waals surface area contributed by atoms with Crippen LogP contribution in [0, 0.1) is 0 Å². The van der Waals surface area contributed by atoms with E-state index in [0.717, 1.165) is 19.5 Å². The predicted octanol–water partition coefficient (Wildman–Crippen LogP) is 0.925. The number of hydrogen-bond acceptors (Lipinski definition) is 3. The van der Waals surface area contributed by atoms with Crippen LogP contribution in [0.5, 0.6) is 0 Å². The van der Waals surface area contributed by atoms with Crippen LogP contribution in [-0.4, -0.2) is 60.5 Å². The normalized spacial score (nSPS) is 22.0. The second-order valence-electron chi connectivity index (χ2n) is 6.13. The van der Waals surface area contributed by atoms with E-state index >= 15 is 0 Å². The molecule has 1 amide bonds. The summed E-state index contributed by atoms with van der Waals surface area (Å²) in [6.45, 7) is 10.2. The molecule has 1 fully saturated rings. The quantitative estimate of drug-likeness (QED) is 0.777. The maximum absolute atomic E-state index is 12.2. The molecule has 0 bridgehead atoms. The summed E-state index contributed by atoms with van der Waals surface area (Å²) in [5, 5.41) is 3.33. The molecular weight excluding hydrogens is 214 g/mol. The van der Waals surface area contributed by atoms with Crippen LogP contribution >= 0.6 is 0 Å². The highest BCUT2D eigenvalue weighted by Gasteiger charge is 2.35. The molecule has 0 aromatic heterocycles. The summed E-state index contributed by atoms with van der Waals surface area (Å²) in [5.41, 5.74) is 0.0301. The molecule has 1 unspecified atom stereocenters. The van der Waals surface area contributed by atoms with Gasteiger partial charge in [0.05, 0.1) is 6.04 Å². The van der Waals surface area contributed by atoms with Gasteiger partial charge in [-0.25, -0.2) is 0 Å². The number of likely N-dealkylation sites (N-methyl/N-ethyl adjacent to an activating group) is 1. The molecule has 0 radical (unpaired) electrons. The van der Waals surface area contributed by atoms with Gasteiger partial charge in [0.2, 0.25) is 5.91 Å². The van der Waals surface area contributed by atoms with E-state index in [9.17, 15) is 4.79 Å². The van der Waals surface area contributed by atoms with Crippen molar-refractivity contribution in [3.8, 4) is 0 Å². The highest BCUT2D eigenvalue weighted by atomic mass is 16.2. The zero-order valence-corrected chi connectivity index (χ0v) is 12.1. The molecule has 0 spiro atoms. The summed E-state index contributed by atoms with van der Waals surface area (Å²) >= 11 is 0. The molecule has 4 heteroatoms. The third-order valence-corrected chi connectivity index (χ3v) is 3.62. The van der Waals surface area contributed by atoms with Crippen molar-refractivity contribution in [2.75, 3.05) is 27.2 Å². The lowest BCUT2D eigenvalue weighted by atomic mass is 10.0. The lowest BCUT2D eigenvalue weighted by molar-refractivity contribution is -0.130. The average Bonchev–Trinajstić information content (AvgIpc) is 2.48. The van der Waals surface area contributed by atoms with Gasteiger partial charge >= 0.3 is 0 Å². The molecule has 17 heavy (non-hydrogen) atoms. The molecule has 1 rings (SSSR count). The van der Waals surface area contributed by atoms with Gasteiger partial charge in [0.25, 0.3) is 0 Å². The molecule has 100 valence electrons. The smallest absolute Gasteiger partial charge is 0.239 e. The van der Waals surface area contributed by atoms with E-state index in [-0.39, 0.29) is 17.5 Å². The number of carbonyl (C=O) groups is 1. The Morgan fingerprint density at radius 2 is 2.06 bits per heavy atom. The molecule has 0 aliphatic carbocycles. The lowest BCUT2D eigenvalue weighted by Crippen LogP contribution is -2.50. The van der Waals surface area contributed by atoms with Gasteiger partial charge in [0, 0.05) is 24.7 Å². The molecule has 1 heterocycles. The van der Waals surface area contributed by atoms with Gasteiger partial charge in [-0.3, -0.25) is 4.79 Å². The van der Waals surface area contributed by atoms with Crippen LogP contribution < -0.4 is 5.32 Å². The van der Waals surface area contributed by atoms with Gasteiger partial charge in [0.1, 0.15) is 0 Å². The Kier molecular flexibility index (Phi) is 4.55. The van der Waals surface area contributed by atoms with Gasteiger partial charge in [-0.15, -0.1) is 0 Å². The van der Waals surface area contributed by atoms with Crippen molar-refractivity contribution >= 4 is 5.91 Å². The first kappa shape index (κ1) is 14.5. The zero-order chi connectivity index (χ0) is 13.2. The summed E-state index contributed by atoms with van der Waals surface area (Å²) in [5.74, 6) is 0.258. The Morgan fingerprint density at radius 1 is 1.47 bits per heavy atom. The van der Waals surface area contributed by atoms with Gasteiger partial charge in [0.15, 0.2) is 0 Å². The van der Waals surface area contributed by atoms with Crippen LogP contribution in [0.4, 0.5) is 0 Å². The first-order valence-electron chi connectivity index (χ1n) is 6.46. The fourth-order valence-corrected chi connectivity index (χ4v) is 2.06. The van der Waals surface area contributed by atoms with Crippen LogP contribution in [0.15, 0.2) is 0 Å². The van der Waals surface area contributed by atoms with Gasteiger partial charge < -0.3 is 15.1 Å². The Hall–Kier alpha value is -0.610. The molecule has 1 N–H and O–H groups in total. The monoisotopic (exact) mass is 241 g/mol. The number of carbonyl (C=O) groups excluding carboxylic acids is 1. The topological polar surface area (TPSA) is 35.6 Å². The lowest BCUT2D eigenvalue weighted by Gasteiger charge is -2.36. The van der Waals surface area contributed by atoms with E-state index in [0.29, 0.717) is 6.04 Å². The Morgan fingerprint density at radius 3 is 2.53 bits per heavy atom. The third-order valence-electron chi connectivity index (χ3n) is 3.62.